The van der Waals surface area contributed by atoms with E-state index in [2.05, 4.69) is 44.8 Å². The van der Waals surface area contributed by atoms with Crippen LogP contribution in [0.4, 0.5) is 5.82 Å². The molecule has 0 bridgehead atoms. The monoisotopic (exact) mass is 364 g/mol. The maximum Gasteiger partial charge on any atom is 0.234 e. The normalized spacial score (nSPS) is 21.4. The van der Waals surface area contributed by atoms with Gasteiger partial charge in [0.2, 0.25) is 5.91 Å². The Hall–Kier alpha value is -2.40. The lowest BCUT2D eigenvalue weighted by Crippen LogP contribution is -2.53. The number of hydrogen-bond acceptors (Lipinski definition) is 4. The van der Waals surface area contributed by atoms with Crippen LogP contribution in [-0.4, -0.2) is 42.0 Å². The molecular formula is C22H28N4O. The third kappa shape index (κ3) is 4.30. The van der Waals surface area contributed by atoms with E-state index in [4.69, 9.17) is 0 Å². The largest absolute Gasteiger partial charge is 0.370 e. The molecule has 2 aromatic rings. The second kappa shape index (κ2) is 8.09. The molecule has 0 spiro atoms. The quantitative estimate of drug-likeness (QED) is 0.793. The minimum Gasteiger partial charge on any atom is -0.370 e. The molecule has 1 aromatic heterocycles. The highest BCUT2D eigenvalue weighted by molar-refractivity contribution is 5.79. The van der Waals surface area contributed by atoms with Crippen molar-refractivity contribution in [3.05, 3.63) is 60.3 Å². The van der Waals surface area contributed by atoms with Gasteiger partial charge in [-0.2, -0.15) is 0 Å². The summed E-state index contributed by atoms with van der Waals surface area (Å²) in [5.74, 6) is 1.63. The van der Waals surface area contributed by atoms with Gasteiger partial charge in [-0.15, -0.1) is 0 Å². The van der Waals surface area contributed by atoms with Crippen molar-refractivity contribution in [2.75, 3.05) is 31.5 Å². The number of nitrogens with zero attached hydrogens (tertiary/aromatic N) is 2. The number of anilines is 1. The third-order valence-electron chi connectivity index (χ3n) is 5.89. The second-order valence-electron chi connectivity index (χ2n) is 7.84. The molecule has 142 valence electrons. The first-order chi connectivity index (χ1) is 13.2. The summed E-state index contributed by atoms with van der Waals surface area (Å²) in [6, 6.07) is 16.3. The highest BCUT2D eigenvalue weighted by Crippen LogP contribution is 2.41. The average molecular weight is 364 g/mol. The van der Waals surface area contributed by atoms with Crippen molar-refractivity contribution in [2.45, 2.75) is 31.2 Å². The van der Waals surface area contributed by atoms with Gasteiger partial charge in [0.1, 0.15) is 5.82 Å². The molecule has 1 aliphatic carbocycles. The Balaban J connectivity index is 1.25. The summed E-state index contributed by atoms with van der Waals surface area (Å²) in [7, 11) is 0. The highest BCUT2D eigenvalue weighted by Gasteiger charge is 2.40. The van der Waals surface area contributed by atoms with Crippen molar-refractivity contribution in [2.24, 2.45) is 5.92 Å². The van der Waals surface area contributed by atoms with E-state index in [1.165, 1.54) is 12.0 Å². The van der Waals surface area contributed by atoms with E-state index in [-0.39, 0.29) is 11.4 Å². The Morgan fingerprint density at radius 3 is 2.67 bits per heavy atom. The Morgan fingerprint density at radius 1 is 1.15 bits per heavy atom. The van der Waals surface area contributed by atoms with Crippen molar-refractivity contribution < 1.29 is 4.79 Å². The number of likely N-dealkylation sites (tertiary alicyclic amines) is 1. The van der Waals surface area contributed by atoms with Crippen molar-refractivity contribution in [1.82, 2.24) is 15.2 Å². The zero-order valence-electron chi connectivity index (χ0n) is 15.7. The Labute approximate surface area is 161 Å². The maximum absolute atomic E-state index is 12.7. The molecule has 5 heteroatoms. The number of hydrogen-bond donors (Lipinski definition) is 2. The molecular weight excluding hydrogens is 336 g/mol. The van der Waals surface area contributed by atoms with Crippen LogP contribution in [0.2, 0.25) is 0 Å². The lowest BCUT2D eigenvalue weighted by atomic mass is 9.72. The Morgan fingerprint density at radius 2 is 1.96 bits per heavy atom. The van der Waals surface area contributed by atoms with Crippen molar-refractivity contribution in [3.8, 4) is 0 Å². The van der Waals surface area contributed by atoms with Gasteiger partial charge < -0.3 is 10.6 Å². The van der Waals surface area contributed by atoms with Crippen LogP contribution in [-0.2, 0) is 10.3 Å². The number of rotatable bonds is 7. The highest BCUT2D eigenvalue weighted by atomic mass is 16.2. The van der Waals surface area contributed by atoms with E-state index >= 15 is 0 Å². The number of aromatic nitrogens is 1. The van der Waals surface area contributed by atoms with Crippen molar-refractivity contribution >= 4 is 11.7 Å². The standard InChI is InChI=1S/C22H28N4O/c27-21(25-22(11-6-12-22)19-7-2-1-3-8-19)17-26-14-10-18(16-26)15-24-20-9-4-5-13-23-20/h1-5,7-9,13,18H,6,10-12,14-17H2,(H,23,24)(H,25,27)/t18-/m0/s1. The number of benzene rings is 1. The van der Waals surface area contributed by atoms with E-state index in [9.17, 15) is 4.79 Å². The number of pyridine rings is 1. The molecule has 2 fully saturated rings. The molecule has 1 aromatic carbocycles. The number of nitrogens with one attached hydrogen (secondary N) is 2. The van der Waals surface area contributed by atoms with Gasteiger partial charge in [0.25, 0.3) is 0 Å². The van der Waals surface area contributed by atoms with Crippen LogP contribution in [0.5, 0.6) is 0 Å². The summed E-state index contributed by atoms with van der Waals surface area (Å²) in [5, 5.41) is 6.74. The number of carbonyl (C=O) groups excluding carboxylic acids is 1. The smallest absolute Gasteiger partial charge is 0.234 e. The van der Waals surface area contributed by atoms with Gasteiger partial charge in [0, 0.05) is 19.3 Å². The van der Waals surface area contributed by atoms with Crippen LogP contribution in [0, 0.1) is 5.92 Å². The second-order valence-corrected chi connectivity index (χ2v) is 7.84. The predicted octanol–water partition coefficient (Wildman–Crippen LogP) is 3.01. The molecule has 0 unspecified atom stereocenters. The predicted molar refractivity (Wildman–Crippen MR) is 107 cm³/mol. The van der Waals surface area contributed by atoms with Gasteiger partial charge in [0.15, 0.2) is 0 Å². The van der Waals surface area contributed by atoms with Crippen LogP contribution in [0.3, 0.4) is 0 Å². The van der Waals surface area contributed by atoms with Gasteiger partial charge in [-0.1, -0.05) is 36.4 Å². The van der Waals surface area contributed by atoms with Crippen LogP contribution in [0.15, 0.2) is 54.7 Å². The molecule has 2 heterocycles. The minimum absolute atomic E-state index is 0.141. The van der Waals surface area contributed by atoms with E-state index in [0.29, 0.717) is 12.5 Å². The molecule has 2 N–H and O–H groups in total. The Bertz CT molecular complexity index is 745. The van der Waals surface area contributed by atoms with Crippen LogP contribution in [0.1, 0.15) is 31.2 Å². The summed E-state index contributed by atoms with van der Waals surface area (Å²) in [6.07, 6.45) is 6.19. The fraction of sp³-hybridized carbons (Fsp3) is 0.455. The average Bonchev–Trinajstić information content (AvgIpc) is 3.12. The Kier molecular flexibility index (Phi) is 5.39. The lowest BCUT2D eigenvalue weighted by molar-refractivity contribution is -0.125. The molecule has 2 aliphatic rings. The van der Waals surface area contributed by atoms with Gasteiger partial charge in [-0.3, -0.25) is 9.69 Å². The molecule has 1 aliphatic heterocycles. The van der Waals surface area contributed by atoms with Gasteiger partial charge in [-0.05, 0) is 55.8 Å². The summed E-state index contributed by atoms with van der Waals surface area (Å²) >= 11 is 0. The van der Waals surface area contributed by atoms with Gasteiger partial charge in [0.05, 0.1) is 12.1 Å². The molecule has 5 nitrogen and oxygen atoms in total. The fourth-order valence-electron chi connectivity index (χ4n) is 4.22. The SMILES string of the molecule is O=C(CN1CC[C@@H](CNc2ccccn2)C1)NC1(c2ccccc2)CCC1. The molecule has 4 rings (SSSR count). The van der Waals surface area contributed by atoms with Gasteiger partial charge >= 0.3 is 0 Å². The zero-order chi connectivity index (χ0) is 18.5. The summed E-state index contributed by atoms with van der Waals surface area (Å²) < 4.78 is 0. The maximum atomic E-state index is 12.7. The van der Waals surface area contributed by atoms with E-state index in [1.807, 2.05) is 24.3 Å². The fourth-order valence-corrected chi connectivity index (χ4v) is 4.22. The topological polar surface area (TPSA) is 57.3 Å². The van der Waals surface area contributed by atoms with E-state index in [0.717, 1.165) is 44.7 Å². The van der Waals surface area contributed by atoms with Crippen molar-refractivity contribution in [1.29, 1.82) is 0 Å². The molecule has 0 radical (unpaired) electrons. The number of carbonyl (C=O) groups is 1. The minimum atomic E-state index is -0.141. The van der Waals surface area contributed by atoms with Crippen LogP contribution >= 0.6 is 0 Å². The molecule has 27 heavy (non-hydrogen) atoms. The first kappa shape index (κ1) is 18.0. The molecule has 1 amide bonds. The van der Waals surface area contributed by atoms with Gasteiger partial charge in [-0.25, -0.2) is 4.98 Å². The van der Waals surface area contributed by atoms with Crippen molar-refractivity contribution in [3.63, 3.8) is 0 Å². The first-order valence-electron chi connectivity index (χ1n) is 9.97. The lowest BCUT2D eigenvalue weighted by Gasteiger charge is -2.43. The summed E-state index contributed by atoms with van der Waals surface area (Å²) in [4.78, 5) is 19.3. The first-order valence-corrected chi connectivity index (χ1v) is 9.97. The third-order valence-corrected chi connectivity index (χ3v) is 5.89. The van der Waals surface area contributed by atoms with E-state index < -0.39 is 0 Å². The van der Waals surface area contributed by atoms with Crippen LogP contribution < -0.4 is 10.6 Å². The molecule has 1 atom stereocenters. The molecule has 1 saturated carbocycles. The summed E-state index contributed by atoms with van der Waals surface area (Å²) in [6.45, 7) is 3.35. The van der Waals surface area contributed by atoms with Crippen LogP contribution in [0.25, 0.3) is 0 Å². The zero-order valence-corrected chi connectivity index (χ0v) is 15.7. The summed E-state index contributed by atoms with van der Waals surface area (Å²) in [5.41, 5.74) is 1.10. The number of amides is 1. The van der Waals surface area contributed by atoms with E-state index in [1.54, 1.807) is 6.20 Å². The molecule has 1 saturated heterocycles.